The number of thioether (sulfide) groups is 1. The summed E-state index contributed by atoms with van der Waals surface area (Å²) in [5.41, 5.74) is 4.94. The Morgan fingerprint density at radius 2 is 1.80 bits per heavy atom. The SMILES string of the molecule is Cc1nnc(SCc2ccccc2)n1NC(=O)Cc1ccc(Cl)cc1. The molecule has 1 aromatic heterocycles. The van der Waals surface area contributed by atoms with E-state index in [1.165, 1.54) is 17.3 Å². The summed E-state index contributed by atoms with van der Waals surface area (Å²) in [5, 5.41) is 9.52. The zero-order valence-corrected chi connectivity index (χ0v) is 15.2. The molecule has 25 heavy (non-hydrogen) atoms. The summed E-state index contributed by atoms with van der Waals surface area (Å²) in [6.45, 7) is 1.81. The zero-order chi connectivity index (χ0) is 17.6. The molecule has 1 heterocycles. The van der Waals surface area contributed by atoms with Crippen molar-refractivity contribution in [1.29, 1.82) is 0 Å². The fourth-order valence-electron chi connectivity index (χ4n) is 2.24. The number of hydrogen-bond acceptors (Lipinski definition) is 4. The predicted octanol–water partition coefficient (Wildman–Crippen LogP) is 3.85. The van der Waals surface area contributed by atoms with Crippen LogP contribution >= 0.6 is 23.4 Å². The lowest BCUT2D eigenvalue weighted by Gasteiger charge is -2.10. The molecule has 1 N–H and O–H groups in total. The van der Waals surface area contributed by atoms with E-state index in [4.69, 9.17) is 11.6 Å². The lowest BCUT2D eigenvalue weighted by Crippen LogP contribution is -2.26. The van der Waals surface area contributed by atoms with Gasteiger partial charge in [-0.3, -0.25) is 10.2 Å². The van der Waals surface area contributed by atoms with Gasteiger partial charge in [0.05, 0.1) is 6.42 Å². The van der Waals surface area contributed by atoms with E-state index in [-0.39, 0.29) is 12.3 Å². The van der Waals surface area contributed by atoms with Crippen LogP contribution in [0.3, 0.4) is 0 Å². The molecule has 0 saturated heterocycles. The number of halogens is 1. The third kappa shape index (κ3) is 4.84. The van der Waals surface area contributed by atoms with Crippen molar-refractivity contribution >= 4 is 29.3 Å². The van der Waals surface area contributed by atoms with E-state index in [0.717, 1.165) is 11.3 Å². The van der Waals surface area contributed by atoms with Crippen LogP contribution in [0.1, 0.15) is 17.0 Å². The Balaban J connectivity index is 1.64. The molecule has 1 amide bonds. The molecule has 0 aliphatic carbocycles. The van der Waals surface area contributed by atoms with E-state index >= 15 is 0 Å². The third-order valence-electron chi connectivity index (χ3n) is 3.52. The molecule has 128 valence electrons. The van der Waals surface area contributed by atoms with E-state index in [0.29, 0.717) is 16.0 Å². The first-order valence-corrected chi connectivity index (χ1v) is 9.11. The zero-order valence-electron chi connectivity index (χ0n) is 13.6. The lowest BCUT2D eigenvalue weighted by atomic mass is 10.1. The van der Waals surface area contributed by atoms with Gasteiger partial charge in [0.25, 0.3) is 0 Å². The highest BCUT2D eigenvalue weighted by Gasteiger charge is 2.13. The standard InChI is InChI=1S/C18H17ClN4OS/c1-13-20-21-18(25-12-15-5-3-2-4-6-15)23(13)22-17(24)11-14-7-9-16(19)10-8-14/h2-10H,11-12H2,1H3,(H,22,24). The first kappa shape index (κ1) is 17.5. The van der Waals surface area contributed by atoms with Crippen LogP contribution in [0.4, 0.5) is 0 Å². The van der Waals surface area contributed by atoms with Crippen molar-refractivity contribution < 1.29 is 4.79 Å². The van der Waals surface area contributed by atoms with Gasteiger partial charge in [-0.05, 0) is 30.2 Å². The summed E-state index contributed by atoms with van der Waals surface area (Å²) < 4.78 is 1.63. The van der Waals surface area contributed by atoms with Gasteiger partial charge in [0, 0.05) is 10.8 Å². The Morgan fingerprint density at radius 1 is 1.08 bits per heavy atom. The van der Waals surface area contributed by atoms with Crippen LogP contribution in [0.5, 0.6) is 0 Å². The summed E-state index contributed by atoms with van der Waals surface area (Å²) in [7, 11) is 0. The number of aryl methyl sites for hydroxylation is 1. The summed E-state index contributed by atoms with van der Waals surface area (Å²) in [4.78, 5) is 12.3. The Morgan fingerprint density at radius 3 is 2.52 bits per heavy atom. The van der Waals surface area contributed by atoms with Crippen molar-refractivity contribution in [2.24, 2.45) is 0 Å². The van der Waals surface area contributed by atoms with Crippen molar-refractivity contribution in [2.45, 2.75) is 24.3 Å². The molecule has 2 aromatic carbocycles. The maximum absolute atomic E-state index is 12.3. The van der Waals surface area contributed by atoms with Gasteiger partial charge in [0.15, 0.2) is 0 Å². The molecule has 5 nitrogen and oxygen atoms in total. The van der Waals surface area contributed by atoms with E-state index in [9.17, 15) is 4.79 Å². The number of aromatic nitrogens is 3. The molecular weight excluding hydrogens is 356 g/mol. The van der Waals surface area contributed by atoms with Gasteiger partial charge in [-0.15, -0.1) is 10.2 Å². The topological polar surface area (TPSA) is 59.8 Å². The van der Waals surface area contributed by atoms with Crippen molar-refractivity contribution in [3.63, 3.8) is 0 Å². The third-order valence-corrected chi connectivity index (χ3v) is 4.77. The number of hydrogen-bond donors (Lipinski definition) is 1. The smallest absolute Gasteiger partial charge is 0.243 e. The van der Waals surface area contributed by atoms with E-state index in [1.807, 2.05) is 37.3 Å². The average molecular weight is 373 g/mol. The van der Waals surface area contributed by atoms with E-state index in [2.05, 4.69) is 27.8 Å². The fraction of sp³-hybridized carbons (Fsp3) is 0.167. The highest BCUT2D eigenvalue weighted by molar-refractivity contribution is 7.98. The Bertz CT molecular complexity index is 849. The van der Waals surface area contributed by atoms with E-state index < -0.39 is 0 Å². The Hall–Kier alpha value is -2.31. The van der Waals surface area contributed by atoms with Crippen LogP contribution in [-0.2, 0) is 17.0 Å². The van der Waals surface area contributed by atoms with Crippen LogP contribution in [0.15, 0.2) is 59.8 Å². The minimum absolute atomic E-state index is 0.133. The molecule has 3 rings (SSSR count). The molecule has 0 aliphatic rings. The number of carbonyl (C=O) groups is 1. The van der Waals surface area contributed by atoms with Gasteiger partial charge in [0.2, 0.25) is 11.1 Å². The Labute approximate surface area is 155 Å². The number of amides is 1. The van der Waals surface area contributed by atoms with Crippen LogP contribution in [0, 0.1) is 6.92 Å². The fourth-order valence-corrected chi connectivity index (χ4v) is 3.26. The maximum atomic E-state index is 12.3. The molecular formula is C18H17ClN4OS. The molecule has 0 spiro atoms. The first-order valence-electron chi connectivity index (χ1n) is 7.75. The molecule has 3 aromatic rings. The largest absolute Gasteiger partial charge is 0.273 e. The van der Waals surface area contributed by atoms with Crippen LogP contribution in [0.2, 0.25) is 5.02 Å². The molecule has 0 aliphatic heterocycles. The minimum Gasteiger partial charge on any atom is -0.273 e. The number of nitrogens with one attached hydrogen (secondary N) is 1. The lowest BCUT2D eigenvalue weighted by molar-refractivity contribution is -0.116. The molecule has 0 saturated carbocycles. The molecule has 0 radical (unpaired) electrons. The van der Waals surface area contributed by atoms with Crippen LogP contribution in [0.25, 0.3) is 0 Å². The normalized spacial score (nSPS) is 10.6. The monoisotopic (exact) mass is 372 g/mol. The van der Waals surface area contributed by atoms with Crippen LogP contribution < -0.4 is 5.43 Å². The summed E-state index contributed by atoms with van der Waals surface area (Å²) >= 11 is 7.39. The number of rotatable bonds is 6. The van der Waals surface area contributed by atoms with Gasteiger partial charge in [-0.2, -0.15) is 0 Å². The quantitative estimate of drug-likeness (QED) is 0.668. The second kappa shape index (κ2) is 8.18. The second-order valence-electron chi connectivity index (χ2n) is 5.48. The highest BCUT2D eigenvalue weighted by Crippen LogP contribution is 2.21. The van der Waals surface area contributed by atoms with Crippen LogP contribution in [-0.4, -0.2) is 20.8 Å². The number of benzene rings is 2. The number of carbonyl (C=O) groups excluding carboxylic acids is 1. The average Bonchev–Trinajstić information content (AvgIpc) is 2.96. The van der Waals surface area contributed by atoms with E-state index in [1.54, 1.807) is 16.8 Å². The summed E-state index contributed by atoms with van der Waals surface area (Å²) in [6.07, 6.45) is 0.261. The van der Waals surface area contributed by atoms with Crippen molar-refractivity contribution in [3.8, 4) is 0 Å². The Kier molecular flexibility index (Phi) is 5.73. The van der Waals surface area contributed by atoms with Gasteiger partial charge >= 0.3 is 0 Å². The van der Waals surface area contributed by atoms with Gasteiger partial charge < -0.3 is 0 Å². The summed E-state index contributed by atoms with van der Waals surface area (Å²) in [6, 6.07) is 17.3. The molecule has 0 unspecified atom stereocenters. The van der Waals surface area contributed by atoms with Gasteiger partial charge in [0.1, 0.15) is 5.82 Å². The molecule has 7 heteroatoms. The highest BCUT2D eigenvalue weighted by atomic mass is 35.5. The number of nitrogens with zero attached hydrogens (tertiary/aromatic N) is 3. The molecule has 0 atom stereocenters. The van der Waals surface area contributed by atoms with Gasteiger partial charge in [-0.25, -0.2) is 4.68 Å². The molecule has 0 fully saturated rings. The minimum atomic E-state index is -0.133. The van der Waals surface area contributed by atoms with Gasteiger partial charge in [-0.1, -0.05) is 65.8 Å². The second-order valence-corrected chi connectivity index (χ2v) is 6.86. The van der Waals surface area contributed by atoms with Crippen molar-refractivity contribution in [1.82, 2.24) is 14.9 Å². The molecule has 0 bridgehead atoms. The first-order chi connectivity index (χ1) is 12.1. The predicted molar refractivity (Wildman–Crippen MR) is 100 cm³/mol. The summed E-state index contributed by atoms with van der Waals surface area (Å²) in [5.74, 6) is 1.26. The van der Waals surface area contributed by atoms with Crippen molar-refractivity contribution in [2.75, 3.05) is 5.43 Å². The van der Waals surface area contributed by atoms with Crippen molar-refractivity contribution in [3.05, 3.63) is 76.6 Å². The maximum Gasteiger partial charge on any atom is 0.243 e.